The predicted molar refractivity (Wildman–Crippen MR) is 61.0 cm³/mol. The van der Waals surface area contributed by atoms with Gasteiger partial charge < -0.3 is 5.32 Å². The molecule has 0 radical (unpaired) electrons. The second kappa shape index (κ2) is 4.50. The third-order valence-corrected chi connectivity index (χ3v) is 3.35. The quantitative estimate of drug-likeness (QED) is 0.777. The molecule has 15 heavy (non-hydrogen) atoms. The zero-order chi connectivity index (χ0) is 10.8. The number of aryl methyl sites for hydroxylation is 1. The van der Waals surface area contributed by atoms with Crippen LogP contribution >= 0.6 is 11.6 Å². The number of rotatable bonds is 1. The lowest BCUT2D eigenvalue weighted by Crippen LogP contribution is -2.29. The summed E-state index contributed by atoms with van der Waals surface area (Å²) in [4.78, 5) is 0. The Morgan fingerprint density at radius 1 is 1.47 bits per heavy atom. The topological polar surface area (TPSA) is 12.0 Å². The first-order valence-corrected chi connectivity index (χ1v) is 5.73. The molecular weight excluding hydrogens is 213 g/mol. The maximum absolute atomic E-state index is 13.9. The van der Waals surface area contributed by atoms with E-state index in [1.54, 1.807) is 6.07 Å². The molecule has 0 aromatic heterocycles. The van der Waals surface area contributed by atoms with Crippen molar-refractivity contribution in [1.29, 1.82) is 0 Å². The van der Waals surface area contributed by atoms with Gasteiger partial charge in [0.25, 0.3) is 0 Å². The van der Waals surface area contributed by atoms with Crippen molar-refractivity contribution >= 4 is 11.6 Å². The fourth-order valence-corrected chi connectivity index (χ4v) is 2.43. The number of halogens is 2. The third-order valence-electron chi connectivity index (χ3n) is 3.06. The summed E-state index contributed by atoms with van der Waals surface area (Å²) in [6.07, 6.45) is 2.15. The normalized spacial score (nSPS) is 21.7. The molecule has 1 aliphatic heterocycles. The van der Waals surface area contributed by atoms with Gasteiger partial charge in [-0.3, -0.25) is 0 Å². The van der Waals surface area contributed by atoms with Crippen LogP contribution in [0.1, 0.15) is 29.9 Å². The number of piperidine rings is 1. The lowest BCUT2D eigenvalue weighted by atomic mass is 9.88. The SMILES string of the molecule is Cc1ccc(Cl)c(F)c1C1CCCNC1. The Morgan fingerprint density at radius 2 is 2.27 bits per heavy atom. The van der Waals surface area contributed by atoms with Crippen LogP contribution in [0, 0.1) is 12.7 Å². The molecule has 1 aromatic rings. The highest BCUT2D eigenvalue weighted by molar-refractivity contribution is 6.30. The van der Waals surface area contributed by atoms with Crippen molar-refractivity contribution < 1.29 is 4.39 Å². The van der Waals surface area contributed by atoms with Crippen molar-refractivity contribution in [3.05, 3.63) is 34.1 Å². The number of hydrogen-bond acceptors (Lipinski definition) is 1. The van der Waals surface area contributed by atoms with Gasteiger partial charge in [0.2, 0.25) is 0 Å². The lowest BCUT2D eigenvalue weighted by molar-refractivity contribution is 0.445. The molecule has 2 rings (SSSR count). The molecule has 1 aromatic carbocycles. The van der Waals surface area contributed by atoms with Gasteiger partial charge in [0.05, 0.1) is 5.02 Å². The van der Waals surface area contributed by atoms with Crippen molar-refractivity contribution in [2.24, 2.45) is 0 Å². The first kappa shape index (κ1) is 10.9. The van der Waals surface area contributed by atoms with E-state index >= 15 is 0 Å². The highest BCUT2D eigenvalue weighted by Gasteiger charge is 2.21. The van der Waals surface area contributed by atoms with Crippen LogP contribution in [0.25, 0.3) is 0 Å². The van der Waals surface area contributed by atoms with Gasteiger partial charge in [-0.25, -0.2) is 4.39 Å². The Kier molecular flexibility index (Phi) is 3.27. The monoisotopic (exact) mass is 227 g/mol. The van der Waals surface area contributed by atoms with E-state index in [0.717, 1.165) is 37.1 Å². The van der Waals surface area contributed by atoms with E-state index in [1.165, 1.54) is 0 Å². The third kappa shape index (κ3) is 2.16. The fraction of sp³-hybridized carbons (Fsp3) is 0.500. The zero-order valence-corrected chi connectivity index (χ0v) is 9.57. The maximum atomic E-state index is 13.9. The van der Waals surface area contributed by atoms with Crippen molar-refractivity contribution in [3.63, 3.8) is 0 Å². The second-order valence-corrected chi connectivity index (χ2v) is 4.54. The molecule has 0 spiro atoms. The van der Waals surface area contributed by atoms with Crippen molar-refractivity contribution in [1.82, 2.24) is 5.32 Å². The highest BCUT2D eigenvalue weighted by Crippen LogP contribution is 2.31. The average molecular weight is 228 g/mol. The summed E-state index contributed by atoms with van der Waals surface area (Å²) < 4.78 is 13.9. The minimum absolute atomic E-state index is 0.231. The molecule has 1 aliphatic rings. The summed E-state index contributed by atoms with van der Waals surface area (Å²) in [5, 5.41) is 3.53. The van der Waals surface area contributed by atoms with Gasteiger partial charge in [-0.2, -0.15) is 0 Å². The molecule has 1 unspecified atom stereocenters. The molecule has 0 aliphatic carbocycles. The van der Waals surface area contributed by atoms with Crippen LogP contribution in [0.2, 0.25) is 5.02 Å². The van der Waals surface area contributed by atoms with E-state index in [0.29, 0.717) is 0 Å². The Balaban J connectivity index is 2.36. The van der Waals surface area contributed by atoms with Crippen LogP contribution in [0.15, 0.2) is 12.1 Å². The second-order valence-electron chi connectivity index (χ2n) is 4.14. The first-order chi connectivity index (χ1) is 7.20. The van der Waals surface area contributed by atoms with Gasteiger partial charge in [-0.05, 0) is 49.4 Å². The molecule has 0 amide bonds. The van der Waals surface area contributed by atoms with Gasteiger partial charge >= 0.3 is 0 Å². The fourth-order valence-electron chi connectivity index (χ4n) is 2.26. The summed E-state index contributed by atoms with van der Waals surface area (Å²) in [6.45, 7) is 3.85. The van der Waals surface area contributed by atoms with Crippen LogP contribution in [0.5, 0.6) is 0 Å². The minimum atomic E-state index is -0.231. The Hall–Kier alpha value is -0.600. The number of benzene rings is 1. The van der Waals surface area contributed by atoms with Crippen LogP contribution in [0.3, 0.4) is 0 Å². The standard InChI is InChI=1S/C12H15ClFN/c1-8-4-5-10(13)12(14)11(8)9-3-2-6-15-7-9/h4-5,9,15H,2-3,6-7H2,1H3. The summed E-state index contributed by atoms with van der Waals surface area (Å²) in [6, 6.07) is 3.53. The molecule has 3 heteroatoms. The highest BCUT2D eigenvalue weighted by atomic mass is 35.5. The first-order valence-electron chi connectivity index (χ1n) is 5.35. The van der Waals surface area contributed by atoms with E-state index < -0.39 is 0 Å². The van der Waals surface area contributed by atoms with Gasteiger partial charge in [-0.15, -0.1) is 0 Å². The number of nitrogens with one attached hydrogen (secondary N) is 1. The molecule has 1 saturated heterocycles. The lowest BCUT2D eigenvalue weighted by Gasteiger charge is -2.25. The summed E-state index contributed by atoms with van der Waals surface area (Å²) in [5.74, 6) is 0.0443. The van der Waals surface area contributed by atoms with Gasteiger partial charge in [0.15, 0.2) is 0 Å². The minimum Gasteiger partial charge on any atom is -0.316 e. The van der Waals surface area contributed by atoms with Crippen molar-refractivity contribution in [2.45, 2.75) is 25.7 Å². The van der Waals surface area contributed by atoms with Crippen LogP contribution < -0.4 is 5.32 Å². The van der Waals surface area contributed by atoms with Crippen molar-refractivity contribution in [3.8, 4) is 0 Å². The molecule has 0 saturated carbocycles. The van der Waals surface area contributed by atoms with Crippen LogP contribution in [-0.4, -0.2) is 13.1 Å². The molecular formula is C12H15ClFN. The smallest absolute Gasteiger partial charge is 0.145 e. The molecule has 1 heterocycles. The average Bonchev–Trinajstić information content (AvgIpc) is 2.26. The molecule has 1 nitrogen and oxygen atoms in total. The van der Waals surface area contributed by atoms with Gasteiger partial charge in [0.1, 0.15) is 5.82 Å². The van der Waals surface area contributed by atoms with Crippen LogP contribution in [0.4, 0.5) is 4.39 Å². The predicted octanol–water partition coefficient (Wildman–Crippen LogP) is 3.25. The molecule has 1 fully saturated rings. The summed E-state index contributed by atoms with van der Waals surface area (Å²) >= 11 is 5.81. The molecule has 82 valence electrons. The molecule has 1 atom stereocenters. The summed E-state index contributed by atoms with van der Waals surface area (Å²) in [5.41, 5.74) is 1.81. The Morgan fingerprint density at radius 3 is 2.93 bits per heavy atom. The Bertz CT molecular complexity index is 359. The van der Waals surface area contributed by atoms with Crippen molar-refractivity contribution in [2.75, 3.05) is 13.1 Å². The van der Waals surface area contributed by atoms with E-state index in [1.807, 2.05) is 13.0 Å². The Labute approximate surface area is 94.6 Å². The molecule has 0 bridgehead atoms. The maximum Gasteiger partial charge on any atom is 0.145 e. The van der Waals surface area contributed by atoms with E-state index in [-0.39, 0.29) is 16.8 Å². The van der Waals surface area contributed by atoms with Gasteiger partial charge in [-0.1, -0.05) is 17.7 Å². The number of hydrogen-bond donors (Lipinski definition) is 1. The summed E-state index contributed by atoms with van der Waals surface area (Å²) in [7, 11) is 0. The molecule has 1 N–H and O–H groups in total. The van der Waals surface area contributed by atoms with E-state index in [9.17, 15) is 4.39 Å². The van der Waals surface area contributed by atoms with Crippen LogP contribution in [-0.2, 0) is 0 Å². The van der Waals surface area contributed by atoms with E-state index in [4.69, 9.17) is 11.6 Å². The van der Waals surface area contributed by atoms with E-state index in [2.05, 4.69) is 5.32 Å². The zero-order valence-electron chi connectivity index (χ0n) is 8.82. The largest absolute Gasteiger partial charge is 0.316 e. The van der Waals surface area contributed by atoms with Gasteiger partial charge in [0, 0.05) is 6.54 Å².